The Labute approximate surface area is 246 Å². The van der Waals surface area contributed by atoms with E-state index in [0.717, 1.165) is 28.3 Å². The summed E-state index contributed by atoms with van der Waals surface area (Å²) >= 11 is 0. The fourth-order valence-electron chi connectivity index (χ4n) is 5.15. The summed E-state index contributed by atoms with van der Waals surface area (Å²) in [5.74, 6) is 0.642. The van der Waals surface area contributed by atoms with E-state index in [1.165, 1.54) is 0 Å². The smallest absolute Gasteiger partial charge is 0.270 e. The monoisotopic (exact) mass is 564 g/mol. The summed E-state index contributed by atoms with van der Waals surface area (Å²) < 4.78 is 7.91. The number of ether oxygens (including phenoxy) is 1. The quantitative estimate of drug-likeness (QED) is 0.249. The first-order chi connectivity index (χ1) is 20.1. The van der Waals surface area contributed by atoms with Gasteiger partial charge in [0.05, 0.1) is 5.92 Å². The van der Waals surface area contributed by atoms with Crippen LogP contribution in [0.15, 0.2) is 78.9 Å². The molecule has 0 unspecified atom stereocenters. The number of carbonyl (C=O) groups excluding carboxylic acids is 3. The maximum absolute atomic E-state index is 13.1. The van der Waals surface area contributed by atoms with Gasteiger partial charge in [0.2, 0.25) is 11.8 Å². The molecule has 5 rings (SSSR count). The second-order valence-electron chi connectivity index (χ2n) is 11.2. The van der Waals surface area contributed by atoms with Gasteiger partial charge in [0, 0.05) is 41.3 Å². The number of anilines is 2. The average Bonchev–Trinajstić information content (AvgIpc) is 3.50. The number of nitrogens with one attached hydrogen (secondary N) is 2. The predicted octanol–water partition coefficient (Wildman–Crippen LogP) is 6.70. The van der Waals surface area contributed by atoms with Crippen molar-refractivity contribution < 1.29 is 19.1 Å². The third kappa shape index (κ3) is 6.22. The maximum atomic E-state index is 13.1. The normalized spacial score (nSPS) is 14.8. The fourth-order valence-corrected chi connectivity index (χ4v) is 5.15. The van der Waals surface area contributed by atoms with Crippen molar-refractivity contribution in [3.05, 3.63) is 107 Å². The van der Waals surface area contributed by atoms with Crippen molar-refractivity contribution in [2.45, 2.75) is 47.0 Å². The van der Waals surface area contributed by atoms with Gasteiger partial charge in [-0.05, 0) is 98.5 Å². The van der Waals surface area contributed by atoms with E-state index < -0.39 is 5.92 Å². The SMILES string of the molecule is Cc1ccc(C(C)C)c(Oc2ccc(N3C[C@H](C(=O)Nc4cccc(C(=O)Nn5c(C)ccc5C)c4)CC3=O)cc2)c1. The van der Waals surface area contributed by atoms with Crippen LogP contribution in [-0.2, 0) is 9.59 Å². The summed E-state index contributed by atoms with van der Waals surface area (Å²) in [6.45, 7) is 10.4. The minimum atomic E-state index is -0.517. The van der Waals surface area contributed by atoms with Crippen LogP contribution < -0.4 is 20.4 Å². The molecule has 1 aromatic heterocycles. The minimum Gasteiger partial charge on any atom is -0.457 e. The van der Waals surface area contributed by atoms with Gasteiger partial charge in [-0.3, -0.25) is 24.5 Å². The maximum Gasteiger partial charge on any atom is 0.270 e. The lowest BCUT2D eigenvalue weighted by atomic mass is 10.0. The second kappa shape index (κ2) is 11.9. The number of hydrogen-bond acceptors (Lipinski definition) is 4. The lowest BCUT2D eigenvalue weighted by Gasteiger charge is -2.18. The number of aromatic nitrogens is 1. The van der Waals surface area contributed by atoms with Crippen LogP contribution in [0.3, 0.4) is 0 Å². The lowest BCUT2D eigenvalue weighted by Crippen LogP contribution is -2.28. The molecule has 0 radical (unpaired) electrons. The van der Waals surface area contributed by atoms with Crippen molar-refractivity contribution in [1.82, 2.24) is 4.68 Å². The van der Waals surface area contributed by atoms with Gasteiger partial charge in [-0.2, -0.15) is 0 Å². The average molecular weight is 565 g/mol. The third-order valence-corrected chi connectivity index (χ3v) is 7.54. The molecule has 1 aliphatic rings. The highest BCUT2D eigenvalue weighted by Gasteiger charge is 2.35. The second-order valence-corrected chi connectivity index (χ2v) is 11.2. The molecule has 3 aromatic carbocycles. The molecular weight excluding hydrogens is 528 g/mol. The summed E-state index contributed by atoms with van der Waals surface area (Å²) in [5.41, 5.74) is 8.57. The van der Waals surface area contributed by atoms with Gasteiger partial charge in [0.15, 0.2) is 0 Å². The Hall–Kier alpha value is -4.85. The van der Waals surface area contributed by atoms with Crippen molar-refractivity contribution in [2.24, 2.45) is 5.92 Å². The van der Waals surface area contributed by atoms with Crippen LogP contribution in [0.1, 0.15) is 59.1 Å². The van der Waals surface area contributed by atoms with E-state index in [-0.39, 0.29) is 30.7 Å². The van der Waals surface area contributed by atoms with E-state index in [1.54, 1.807) is 33.8 Å². The number of rotatable bonds is 8. The van der Waals surface area contributed by atoms with Crippen LogP contribution in [-0.4, -0.2) is 28.9 Å². The molecule has 1 saturated heterocycles. The Balaban J connectivity index is 1.22. The Kier molecular flexibility index (Phi) is 8.15. The molecule has 0 bridgehead atoms. The van der Waals surface area contributed by atoms with Gasteiger partial charge in [-0.25, -0.2) is 0 Å². The summed E-state index contributed by atoms with van der Waals surface area (Å²) in [7, 11) is 0. The molecule has 42 heavy (non-hydrogen) atoms. The molecule has 1 fully saturated rings. The fraction of sp³-hybridized carbons (Fsp3) is 0.265. The minimum absolute atomic E-state index is 0.109. The number of amides is 3. The Morgan fingerprint density at radius 1 is 0.905 bits per heavy atom. The topological polar surface area (TPSA) is 92.7 Å². The molecule has 2 heterocycles. The van der Waals surface area contributed by atoms with Crippen molar-refractivity contribution in [1.29, 1.82) is 0 Å². The van der Waals surface area contributed by atoms with E-state index in [9.17, 15) is 14.4 Å². The first kappa shape index (κ1) is 28.7. The van der Waals surface area contributed by atoms with Crippen molar-refractivity contribution >= 4 is 29.1 Å². The molecule has 0 aliphatic carbocycles. The molecule has 4 aromatic rings. The highest BCUT2D eigenvalue weighted by molar-refractivity contribution is 6.05. The first-order valence-corrected chi connectivity index (χ1v) is 14.1. The summed E-state index contributed by atoms with van der Waals surface area (Å²) in [4.78, 5) is 40.5. The van der Waals surface area contributed by atoms with Gasteiger partial charge in [-0.1, -0.05) is 32.0 Å². The van der Waals surface area contributed by atoms with E-state index in [4.69, 9.17) is 4.74 Å². The van der Waals surface area contributed by atoms with Gasteiger partial charge < -0.3 is 15.0 Å². The zero-order valence-electron chi connectivity index (χ0n) is 24.6. The Bertz CT molecular complexity index is 1620. The van der Waals surface area contributed by atoms with Gasteiger partial charge in [0.25, 0.3) is 5.91 Å². The molecule has 8 nitrogen and oxygen atoms in total. The van der Waals surface area contributed by atoms with Crippen molar-refractivity contribution in [3.63, 3.8) is 0 Å². The van der Waals surface area contributed by atoms with E-state index >= 15 is 0 Å². The zero-order chi connectivity index (χ0) is 30.0. The van der Waals surface area contributed by atoms with Crippen LogP contribution in [0.4, 0.5) is 11.4 Å². The number of hydrogen-bond donors (Lipinski definition) is 2. The molecule has 1 atom stereocenters. The number of carbonyl (C=O) groups is 3. The van der Waals surface area contributed by atoms with Crippen molar-refractivity contribution in [3.8, 4) is 11.5 Å². The third-order valence-electron chi connectivity index (χ3n) is 7.54. The molecule has 0 saturated carbocycles. The highest BCUT2D eigenvalue weighted by atomic mass is 16.5. The summed E-state index contributed by atoms with van der Waals surface area (Å²) in [5, 5.41) is 2.88. The van der Waals surface area contributed by atoms with E-state index in [2.05, 4.69) is 36.7 Å². The zero-order valence-corrected chi connectivity index (χ0v) is 24.6. The number of benzene rings is 3. The standard InChI is InChI=1S/C34H36N4O4/c1-21(2)30-16-9-22(3)17-31(30)42-29-14-12-28(13-15-29)37-20-26(19-32(37)39)33(40)35-27-8-6-7-25(18-27)34(41)36-38-23(4)10-11-24(38)5/h6-18,21,26H,19-20H2,1-5H3,(H,35,40)(H,36,41)/t26-/m1/s1. The predicted molar refractivity (Wildman–Crippen MR) is 165 cm³/mol. The summed E-state index contributed by atoms with van der Waals surface area (Å²) in [6, 6.07) is 24.2. The molecule has 216 valence electrons. The van der Waals surface area contributed by atoms with E-state index in [1.807, 2.05) is 63.2 Å². The Morgan fingerprint density at radius 2 is 1.62 bits per heavy atom. The summed E-state index contributed by atoms with van der Waals surface area (Å²) in [6.07, 6.45) is 0.109. The van der Waals surface area contributed by atoms with Crippen LogP contribution in [0.2, 0.25) is 0 Å². The van der Waals surface area contributed by atoms with Crippen LogP contribution in [0.25, 0.3) is 0 Å². The van der Waals surface area contributed by atoms with Gasteiger partial charge >= 0.3 is 0 Å². The molecule has 0 spiro atoms. The van der Waals surface area contributed by atoms with Crippen molar-refractivity contribution in [2.75, 3.05) is 22.2 Å². The first-order valence-electron chi connectivity index (χ1n) is 14.1. The molecular formula is C34H36N4O4. The molecule has 1 aliphatic heterocycles. The largest absolute Gasteiger partial charge is 0.457 e. The van der Waals surface area contributed by atoms with Crippen LogP contribution >= 0.6 is 0 Å². The van der Waals surface area contributed by atoms with Gasteiger partial charge in [-0.15, -0.1) is 0 Å². The molecule has 8 heteroatoms. The lowest BCUT2D eigenvalue weighted by molar-refractivity contribution is -0.122. The number of aryl methyl sites for hydroxylation is 3. The molecule has 2 N–H and O–H groups in total. The Morgan fingerprint density at radius 3 is 2.31 bits per heavy atom. The highest BCUT2D eigenvalue weighted by Crippen LogP contribution is 2.33. The van der Waals surface area contributed by atoms with E-state index in [0.29, 0.717) is 28.6 Å². The van der Waals surface area contributed by atoms with Crippen LogP contribution in [0, 0.1) is 26.7 Å². The number of nitrogens with zero attached hydrogens (tertiary/aromatic N) is 2. The van der Waals surface area contributed by atoms with Crippen LogP contribution in [0.5, 0.6) is 11.5 Å². The van der Waals surface area contributed by atoms with Gasteiger partial charge in [0.1, 0.15) is 11.5 Å². The molecule has 3 amide bonds.